The SMILES string of the molecule is O=C(/C=C/c1ccncc1)N1CCC(C(O)c2ccc(F)cc2)CC1. The maximum atomic E-state index is 13.0. The lowest BCUT2D eigenvalue weighted by atomic mass is 9.87. The maximum absolute atomic E-state index is 13.0. The smallest absolute Gasteiger partial charge is 0.246 e. The van der Waals surface area contributed by atoms with Crippen LogP contribution in [0.15, 0.2) is 54.9 Å². The Morgan fingerprint density at radius 1 is 1.16 bits per heavy atom. The molecule has 25 heavy (non-hydrogen) atoms. The Labute approximate surface area is 146 Å². The standard InChI is InChI=1S/C20H21FN2O2/c21-18-4-2-16(3-5-18)20(25)17-9-13-23(14-10-17)19(24)6-1-15-7-11-22-12-8-15/h1-8,11-12,17,20,25H,9-10,13-14H2/b6-1+. The third-order valence-corrected chi connectivity index (χ3v) is 4.63. The van der Waals surface area contributed by atoms with E-state index in [1.165, 1.54) is 12.1 Å². The summed E-state index contributed by atoms with van der Waals surface area (Å²) in [7, 11) is 0. The third-order valence-electron chi connectivity index (χ3n) is 4.63. The summed E-state index contributed by atoms with van der Waals surface area (Å²) in [5, 5.41) is 10.5. The summed E-state index contributed by atoms with van der Waals surface area (Å²) in [5.41, 5.74) is 1.66. The highest BCUT2D eigenvalue weighted by Crippen LogP contribution is 2.30. The number of rotatable bonds is 4. The fourth-order valence-corrected chi connectivity index (χ4v) is 3.12. The van der Waals surface area contributed by atoms with Gasteiger partial charge in [0.15, 0.2) is 0 Å². The van der Waals surface area contributed by atoms with Crippen molar-refractivity contribution in [2.24, 2.45) is 5.92 Å². The lowest BCUT2D eigenvalue weighted by Gasteiger charge is -2.34. The van der Waals surface area contributed by atoms with E-state index in [0.717, 1.165) is 24.0 Å². The summed E-state index contributed by atoms with van der Waals surface area (Å²) >= 11 is 0. The molecule has 4 nitrogen and oxygen atoms in total. The van der Waals surface area contributed by atoms with Crippen LogP contribution in [0.25, 0.3) is 6.08 Å². The number of benzene rings is 1. The van der Waals surface area contributed by atoms with Crippen molar-refractivity contribution in [3.05, 3.63) is 71.8 Å². The van der Waals surface area contributed by atoms with E-state index in [0.29, 0.717) is 13.1 Å². The van der Waals surface area contributed by atoms with Crippen molar-refractivity contribution in [1.82, 2.24) is 9.88 Å². The van der Waals surface area contributed by atoms with Gasteiger partial charge in [-0.25, -0.2) is 4.39 Å². The first-order valence-electron chi connectivity index (χ1n) is 8.44. The molecular formula is C20H21FN2O2. The molecule has 1 unspecified atom stereocenters. The van der Waals surface area contributed by atoms with Crippen LogP contribution in [0.4, 0.5) is 4.39 Å². The molecule has 5 heteroatoms. The number of aromatic nitrogens is 1. The predicted molar refractivity (Wildman–Crippen MR) is 93.9 cm³/mol. The Morgan fingerprint density at radius 3 is 2.44 bits per heavy atom. The molecular weight excluding hydrogens is 319 g/mol. The third kappa shape index (κ3) is 4.51. The highest BCUT2D eigenvalue weighted by molar-refractivity contribution is 5.91. The molecule has 0 radical (unpaired) electrons. The average Bonchev–Trinajstić information content (AvgIpc) is 2.67. The number of nitrogens with zero attached hydrogens (tertiary/aromatic N) is 2. The van der Waals surface area contributed by atoms with Crippen molar-refractivity contribution in [2.45, 2.75) is 18.9 Å². The van der Waals surface area contributed by atoms with Gasteiger partial charge in [0.25, 0.3) is 0 Å². The van der Waals surface area contributed by atoms with Crippen LogP contribution in [0.1, 0.15) is 30.1 Å². The number of hydrogen-bond acceptors (Lipinski definition) is 3. The van der Waals surface area contributed by atoms with Crippen LogP contribution >= 0.6 is 0 Å². The first kappa shape index (κ1) is 17.3. The van der Waals surface area contributed by atoms with Crippen LogP contribution in [0.5, 0.6) is 0 Å². The van der Waals surface area contributed by atoms with Gasteiger partial charge in [-0.3, -0.25) is 9.78 Å². The Hall–Kier alpha value is -2.53. The van der Waals surface area contributed by atoms with Crippen LogP contribution in [-0.4, -0.2) is 34.0 Å². The van der Waals surface area contributed by atoms with Gasteiger partial charge in [-0.15, -0.1) is 0 Å². The second-order valence-corrected chi connectivity index (χ2v) is 6.27. The number of aliphatic hydroxyl groups excluding tert-OH is 1. The largest absolute Gasteiger partial charge is 0.388 e. The van der Waals surface area contributed by atoms with Crippen molar-refractivity contribution >= 4 is 12.0 Å². The maximum Gasteiger partial charge on any atom is 0.246 e. The van der Waals surface area contributed by atoms with Gasteiger partial charge in [0.2, 0.25) is 5.91 Å². The van der Waals surface area contributed by atoms with Gasteiger partial charge in [-0.05, 0) is 60.2 Å². The summed E-state index contributed by atoms with van der Waals surface area (Å²) in [4.78, 5) is 18.0. The molecule has 2 heterocycles. The lowest BCUT2D eigenvalue weighted by molar-refractivity contribution is -0.127. The number of aliphatic hydroxyl groups is 1. The Morgan fingerprint density at radius 2 is 1.80 bits per heavy atom. The molecule has 3 rings (SSSR count). The van der Waals surface area contributed by atoms with Gasteiger partial charge in [-0.1, -0.05) is 12.1 Å². The van der Waals surface area contributed by atoms with Crippen molar-refractivity contribution in [1.29, 1.82) is 0 Å². The summed E-state index contributed by atoms with van der Waals surface area (Å²) in [6.07, 6.45) is 7.57. The van der Waals surface area contributed by atoms with E-state index >= 15 is 0 Å². The van der Waals surface area contributed by atoms with Gasteiger partial charge in [0.05, 0.1) is 6.10 Å². The number of carbonyl (C=O) groups is 1. The predicted octanol–water partition coefficient (Wildman–Crippen LogP) is 3.21. The number of piperidine rings is 1. The highest BCUT2D eigenvalue weighted by Gasteiger charge is 2.27. The number of carbonyl (C=O) groups excluding carboxylic acids is 1. The van der Waals surface area contributed by atoms with Crippen LogP contribution in [0.3, 0.4) is 0 Å². The Bertz CT molecular complexity index is 723. The zero-order chi connectivity index (χ0) is 17.6. The van der Waals surface area contributed by atoms with Crippen LogP contribution in [0, 0.1) is 11.7 Å². The molecule has 1 aromatic heterocycles. The molecule has 0 spiro atoms. The zero-order valence-corrected chi connectivity index (χ0v) is 13.9. The van der Waals surface area contributed by atoms with Crippen molar-refractivity contribution in [3.8, 4) is 0 Å². The van der Waals surface area contributed by atoms with E-state index in [2.05, 4.69) is 4.98 Å². The molecule has 0 bridgehead atoms. The average molecular weight is 340 g/mol. The minimum absolute atomic E-state index is 0.0217. The first-order valence-corrected chi connectivity index (χ1v) is 8.44. The van der Waals surface area contributed by atoms with E-state index in [-0.39, 0.29) is 17.6 Å². The minimum Gasteiger partial charge on any atom is -0.388 e. The van der Waals surface area contributed by atoms with Gasteiger partial charge in [-0.2, -0.15) is 0 Å². The fourth-order valence-electron chi connectivity index (χ4n) is 3.12. The molecule has 1 N–H and O–H groups in total. The molecule has 1 aromatic carbocycles. The second-order valence-electron chi connectivity index (χ2n) is 6.27. The molecule has 2 aromatic rings. The molecule has 1 amide bonds. The second kappa shape index (κ2) is 8.03. The normalized spacial score (nSPS) is 17.0. The quantitative estimate of drug-likeness (QED) is 0.870. The van der Waals surface area contributed by atoms with Gasteiger partial charge >= 0.3 is 0 Å². The van der Waals surface area contributed by atoms with Gasteiger partial charge < -0.3 is 10.0 Å². The number of amides is 1. The molecule has 1 atom stereocenters. The molecule has 1 aliphatic heterocycles. The van der Waals surface area contributed by atoms with E-state index in [1.54, 1.807) is 41.6 Å². The fraction of sp³-hybridized carbons (Fsp3) is 0.300. The number of halogens is 1. The zero-order valence-electron chi connectivity index (χ0n) is 13.9. The van der Waals surface area contributed by atoms with Crippen LogP contribution in [-0.2, 0) is 4.79 Å². The molecule has 1 aliphatic rings. The minimum atomic E-state index is -0.620. The van der Waals surface area contributed by atoms with Gasteiger partial charge in [0.1, 0.15) is 5.82 Å². The lowest BCUT2D eigenvalue weighted by Crippen LogP contribution is -2.38. The number of likely N-dealkylation sites (tertiary alicyclic amines) is 1. The topological polar surface area (TPSA) is 53.4 Å². The highest BCUT2D eigenvalue weighted by atomic mass is 19.1. The van der Waals surface area contributed by atoms with Gasteiger partial charge in [0, 0.05) is 31.6 Å². The summed E-state index contributed by atoms with van der Waals surface area (Å²) in [6.45, 7) is 1.23. The number of pyridine rings is 1. The Balaban J connectivity index is 1.53. The van der Waals surface area contributed by atoms with E-state index in [9.17, 15) is 14.3 Å². The van der Waals surface area contributed by atoms with E-state index < -0.39 is 6.10 Å². The van der Waals surface area contributed by atoms with Crippen molar-refractivity contribution in [2.75, 3.05) is 13.1 Å². The molecule has 1 fully saturated rings. The van der Waals surface area contributed by atoms with Crippen molar-refractivity contribution < 1.29 is 14.3 Å². The van der Waals surface area contributed by atoms with Crippen LogP contribution < -0.4 is 0 Å². The summed E-state index contributed by atoms with van der Waals surface area (Å²) < 4.78 is 13.0. The molecule has 0 aliphatic carbocycles. The van der Waals surface area contributed by atoms with Crippen LogP contribution in [0.2, 0.25) is 0 Å². The summed E-state index contributed by atoms with van der Waals surface area (Å²) in [6, 6.07) is 9.65. The number of hydrogen-bond donors (Lipinski definition) is 1. The molecule has 0 saturated carbocycles. The summed E-state index contributed by atoms with van der Waals surface area (Å²) in [5.74, 6) is -0.248. The van der Waals surface area contributed by atoms with Crippen molar-refractivity contribution in [3.63, 3.8) is 0 Å². The molecule has 1 saturated heterocycles. The molecule has 130 valence electrons. The Kier molecular flexibility index (Phi) is 5.56. The van der Waals surface area contributed by atoms with E-state index in [4.69, 9.17) is 0 Å². The monoisotopic (exact) mass is 340 g/mol. The first-order chi connectivity index (χ1) is 12.1. The van der Waals surface area contributed by atoms with E-state index in [1.807, 2.05) is 12.1 Å².